The van der Waals surface area contributed by atoms with Crippen molar-refractivity contribution < 1.29 is 14.3 Å². The van der Waals surface area contributed by atoms with Crippen molar-refractivity contribution in [2.75, 3.05) is 32.2 Å². The number of hydrogen-bond acceptors (Lipinski definition) is 5. The minimum Gasteiger partial charge on any atom is -0.410 e. The molecule has 6 heteroatoms. The Kier molecular flexibility index (Phi) is 6.40. The molecule has 0 bridgehead atoms. The van der Waals surface area contributed by atoms with E-state index in [9.17, 15) is 9.59 Å². The van der Waals surface area contributed by atoms with Gasteiger partial charge in [-0.15, -0.1) is 11.8 Å². The zero-order chi connectivity index (χ0) is 17.5. The first-order chi connectivity index (χ1) is 11.5. The number of hydrogen-bond donors (Lipinski definition) is 1. The van der Waals surface area contributed by atoms with E-state index in [1.165, 1.54) is 0 Å². The molecule has 2 rings (SSSR count). The van der Waals surface area contributed by atoms with E-state index >= 15 is 0 Å². The van der Waals surface area contributed by atoms with Gasteiger partial charge in [0.2, 0.25) is 0 Å². The number of rotatable bonds is 6. The van der Waals surface area contributed by atoms with Gasteiger partial charge in [0, 0.05) is 16.1 Å². The highest BCUT2D eigenvalue weighted by Gasteiger charge is 2.09. The zero-order valence-corrected chi connectivity index (χ0v) is 14.7. The van der Waals surface area contributed by atoms with Crippen LogP contribution in [0.25, 0.3) is 0 Å². The maximum absolute atomic E-state index is 11.9. The van der Waals surface area contributed by atoms with Crippen LogP contribution in [0.15, 0.2) is 53.4 Å². The van der Waals surface area contributed by atoms with Gasteiger partial charge in [0.1, 0.15) is 5.75 Å². The first-order valence-electron chi connectivity index (χ1n) is 7.39. The average molecular weight is 344 g/mol. The third-order valence-electron chi connectivity index (χ3n) is 3.18. The number of thioether (sulfide) groups is 1. The Balaban J connectivity index is 1.92. The first-order valence-corrected chi connectivity index (χ1v) is 8.61. The summed E-state index contributed by atoms with van der Waals surface area (Å²) in [6, 6.07) is 14.0. The van der Waals surface area contributed by atoms with Gasteiger partial charge in [-0.25, -0.2) is 4.79 Å². The van der Waals surface area contributed by atoms with Crippen molar-refractivity contribution in [3.05, 3.63) is 54.1 Å². The Labute approximate surface area is 146 Å². The van der Waals surface area contributed by atoms with Crippen LogP contribution in [0.5, 0.6) is 5.75 Å². The van der Waals surface area contributed by atoms with Gasteiger partial charge < -0.3 is 9.64 Å². The number of carbonyl (C=O) groups is 2. The number of Topliss-reactive ketones (excluding diaryl/α,β-unsaturated/α-hetero) is 1. The van der Waals surface area contributed by atoms with Gasteiger partial charge in [0.25, 0.3) is 0 Å². The van der Waals surface area contributed by atoms with Crippen LogP contribution in [0.1, 0.15) is 10.4 Å². The first kappa shape index (κ1) is 18.0. The molecule has 1 amide bonds. The molecule has 2 aromatic rings. The summed E-state index contributed by atoms with van der Waals surface area (Å²) in [6.45, 7) is 0.340. The van der Waals surface area contributed by atoms with Crippen LogP contribution in [0, 0.1) is 0 Å². The molecule has 0 spiro atoms. The van der Waals surface area contributed by atoms with Gasteiger partial charge in [0.15, 0.2) is 5.78 Å². The van der Waals surface area contributed by atoms with Crippen LogP contribution in [0.2, 0.25) is 0 Å². The molecule has 0 fully saturated rings. The molecular weight excluding hydrogens is 324 g/mol. The summed E-state index contributed by atoms with van der Waals surface area (Å²) < 4.78 is 5.21. The van der Waals surface area contributed by atoms with Crippen molar-refractivity contribution in [3.8, 4) is 5.75 Å². The molecule has 126 valence electrons. The quantitative estimate of drug-likeness (QED) is 0.639. The summed E-state index contributed by atoms with van der Waals surface area (Å²) in [5, 5.41) is 2.66. The highest BCUT2D eigenvalue weighted by Crippen LogP contribution is 2.18. The maximum Gasteiger partial charge on any atom is 0.417 e. The molecule has 0 aliphatic heterocycles. The number of nitrogens with one attached hydrogen (secondary N) is 1. The molecule has 0 heterocycles. The van der Waals surface area contributed by atoms with E-state index in [1.807, 2.05) is 49.5 Å². The number of likely N-dealkylation sites (N-methyl/N-ethyl adjacent to an activating group) is 1. The fourth-order valence-corrected chi connectivity index (χ4v) is 2.42. The van der Waals surface area contributed by atoms with Gasteiger partial charge in [-0.1, -0.05) is 0 Å². The molecule has 5 nitrogen and oxygen atoms in total. The van der Waals surface area contributed by atoms with Gasteiger partial charge in [-0.3, -0.25) is 10.1 Å². The lowest BCUT2D eigenvalue weighted by molar-refractivity contribution is 0.0958. The number of amides is 1. The Morgan fingerprint density at radius 1 is 1.04 bits per heavy atom. The standard InChI is InChI=1S/C18H20N2O3S/c1-20(2)12-17(21)13-4-8-15(9-5-13)23-18(22)19-14-6-10-16(24-3)11-7-14/h4-11H,12H2,1-3H3,(H,19,22). The van der Waals surface area contributed by atoms with Gasteiger partial charge >= 0.3 is 6.09 Å². The number of ether oxygens (including phenoxy) is 1. The number of ketones is 1. The van der Waals surface area contributed by atoms with Crippen LogP contribution in [0.4, 0.5) is 10.5 Å². The predicted octanol–water partition coefficient (Wildman–Crippen LogP) is 3.76. The summed E-state index contributed by atoms with van der Waals surface area (Å²) in [6.07, 6.45) is 1.42. The summed E-state index contributed by atoms with van der Waals surface area (Å²) in [5.74, 6) is 0.402. The van der Waals surface area contributed by atoms with Gasteiger partial charge in [0.05, 0.1) is 6.54 Å². The minimum atomic E-state index is -0.570. The van der Waals surface area contributed by atoms with Crippen molar-refractivity contribution in [2.24, 2.45) is 0 Å². The fourth-order valence-electron chi connectivity index (χ4n) is 2.01. The number of benzene rings is 2. The van der Waals surface area contributed by atoms with E-state index in [-0.39, 0.29) is 5.78 Å². The summed E-state index contributed by atoms with van der Waals surface area (Å²) in [5.41, 5.74) is 1.25. The number of anilines is 1. The monoisotopic (exact) mass is 344 g/mol. The summed E-state index contributed by atoms with van der Waals surface area (Å²) in [7, 11) is 3.68. The number of nitrogens with zero attached hydrogens (tertiary/aromatic N) is 1. The van der Waals surface area contributed by atoms with Crippen LogP contribution in [-0.2, 0) is 0 Å². The average Bonchev–Trinajstić information content (AvgIpc) is 2.55. The van der Waals surface area contributed by atoms with Crippen LogP contribution in [0.3, 0.4) is 0 Å². The Bertz CT molecular complexity index is 697. The molecule has 0 aliphatic carbocycles. The molecule has 0 atom stereocenters. The van der Waals surface area contributed by atoms with Crippen LogP contribution in [-0.4, -0.2) is 43.7 Å². The largest absolute Gasteiger partial charge is 0.417 e. The van der Waals surface area contributed by atoms with E-state index in [0.29, 0.717) is 23.5 Å². The smallest absolute Gasteiger partial charge is 0.410 e. The van der Waals surface area contributed by atoms with E-state index in [0.717, 1.165) is 4.90 Å². The predicted molar refractivity (Wildman–Crippen MR) is 97.2 cm³/mol. The van der Waals surface area contributed by atoms with Crippen molar-refractivity contribution in [1.82, 2.24) is 4.90 Å². The normalized spacial score (nSPS) is 10.5. The lowest BCUT2D eigenvalue weighted by atomic mass is 10.1. The third-order valence-corrected chi connectivity index (χ3v) is 3.93. The molecule has 2 aromatic carbocycles. The van der Waals surface area contributed by atoms with Crippen LogP contribution < -0.4 is 10.1 Å². The molecule has 24 heavy (non-hydrogen) atoms. The van der Waals surface area contributed by atoms with Gasteiger partial charge in [-0.2, -0.15) is 0 Å². The fraction of sp³-hybridized carbons (Fsp3) is 0.222. The third kappa shape index (κ3) is 5.40. The zero-order valence-electron chi connectivity index (χ0n) is 13.9. The Hall–Kier alpha value is -2.31. The number of carbonyl (C=O) groups excluding carboxylic acids is 2. The molecule has 0 aromatic heterocycles. The lowest BCUT2D eigenvalue weighted by Crippen LogP contribution is -2.21. The lowest BCUT2D eigenvalue weighted by Gasteiger charge is -2.09. The van der Waals surface area contributed by atoms with Crippen molar-refractivity contribution in [1.29, 1.82) is 0 Å². The molecule has 0 saturated heterocycles. The van der Waals surface area contributed by atoms with Crippen molar-refractivity contribution in [3.63, 3.8) is 0 Å². The van der Waals surface area contributed by atoms with E-state index in [1.54, 1.807) is 36.0 Å². The second kappa shape index (κ2) is 8.52. The molecule has 0 radical (unpaired) electrons. The van der Waals surface area contributed by atoms with E-state index < -0.39 is 6.09 Å². The molecule has 0 unspecified atom stereocenters. The molecular formula is C18H20N2O3S. The highest BCUT2D eigenvalue weighted by molar-refractivity contribution is 7.98. The Morgan fingerprint density at radius 3 is 2.21 bits per heavy atom. The molecule has 0 aliphatic rings. The Morgan fingerprint density at radius 2 is 1.67 bits per heavy atom. The van der Waals surface area contributed by atoms with Crippen molar-refractivity contribution in [2.45, 2.75) is 4.90 Å². The molecule has 1 N–H and O–H groups in total. The minimum absolute atomic E-state index is 0.0184. The maximum atomic E-state index is 11.9. The van der Waals surface area contributed by atoms with E-state index in [4.69, 9.17) is 4.74 Å². The summed E-state index contributed by atoms with van der Waals surface area (Å²) in [4.78, 5) is 26.7. The molecule has 0 saturated carbocycles. The summed E-state index contributed by atoms with van der Waals surface area (Å²) >= 11 is 1.63. The second-order valence-corrected chi connectivity index (χ2v) is 6.31. The SMILES string of the molecule is CSc1ccc(NC(=O)Oc2ccc(C(=O)CN(C)C)cc2)cc1. The van der Waals surface area contributed by atoms with Crippen molar-refractivity contribution >= 4 is 29.3 Å². The van der Waals surface area contributed by atoms with Gasteiger partial charge in [-0.05, 0) is 68.9 Å². The highest BCUT2D eigenvalue weighted by atomic mass is 32.2. The topological polar surface area (TPSA) is 58.6 Å². The van der Waals surface area contributed by atoms with E-state index in [2.05, 4.69) is 5.32 Å². The second-order valence-electron chi connectivity index (χ2n) is 5.43. The van der Waals surface area contributed by atoms with Crippen LogP contribution >= 0.6 is 11.8 Å².